The molecule has 0 aromatic carbocycles. The molecule has 0 aromatic heterocycles. The van der Waals surface area contributed by atoms with Gasteiger partial charge >= 0.3 is 0 Å². The van der Waals surface area contributed by atoms with Gasteiger partial charge in [0.2, 0.25) is 11.8 Å². The number of carbonyl (C=O) groups excluding carboxylic acids is 2. The molecule has 0 aliphatic carbocycles. The van der Waals surface area contributed by atoms with E-state index in [1.165, 1.54) is 4.90 Å². The smallest absolute Gasteiger partial charge is 0.239 e. The highest BCUT2D eigenvalue weighted by Crippen LogP contribution is 2.04. The number of rotatable bonds is 9. The predicted molar refractivity (Wildman–Crippen MR) is 73.1 cm³/mol. The maximum absolute atomic E-state index is 11.7. The lowest BCUT2D eigenvalue weighted by Gasteiger charge is -2.17. The first-order valence-electron chi connectivity index (χ1n) is 6.70. The number of hydrogen-bond acceptors (Lipinski definition) is 3. The summed E-state index contributed by atoms with van der Waals surface area (Å²) in [5.41, 5.74) is 5.39. The quantitative estimate of drug-likeness (QED) is 0.602. The summed E-state index contributed by atoms with van der Waals surface area (Å²) in [5.74, 6) is -0.0781. The number of hydrogen-bond donors (Lipinski definition) is 2. The van der Waals surface area contributed by atoms with Crippen LogP contribution in [0.1, 0.15) is 46.0 Å². The van der Waals surface area contributed by atoms with Crippen LogP contribution in [0.4, 0.5) is 0 Å². The fourth-order valence-electron chi connectivity index (χ4n) is 1.64. The van der Waals surface area contributed by atoms with Crippen LogP contribution >= 0.6 is 0 Å². The minimum atomic E-state index is -0.107. The summed E-state index contributed by atoms with van der Waals surface area (Å²) >= 11 is 0. The SMILES string of the molecule is CC(C)NC(=O)CN(C)C(=O)CCCCCCN. The molecule has 0 saturated carbocycles. The van der Waals surface area contributed by atoms with Gasteiger partial charge in [0, 0.05) is 19.5 Å². The van der Waals surface area contributed by atoms with E-state index in [0.717, 1.165) is 25.7 Å². The maximum atomic E-state index is 11.7. The molecular formula is C13H27N3O2. The molecule has 0 spiro atoms. The van der Waals surface area contributed by atoms with Gasteiger partial charge in [0.15, 0.2) is 0 Å². The minimum absolute atomic E-state index is 0.0293. The molecule has 0 rings (SSSR count). The zero-order valence-electron chi connectivity index (χ0n) is 11.9. The predicted octanol–water partition coefficient (Wildman–Crippen LogP) is 0.879. The Balaban J connectivity index is 3.72. The van der Waals surface area contributed by atoms with E-state index in [0.29, 0.717) is 13.0 Å². The average Bonchev–Trinajstić information content (AvgIpc) is 2.27. The highest BCUT2D eigenvalue weighted by molar-refractivity contribution is 5.84. The zero-order valence-corrected chi connectivity index (χ0v) is 11.9. The number of nitrogens with two attached hydrogens (primary N) is 1. The van der Waals surface area contributed by atoms with Gasteiger partial charge in [-0.1, -0.05) is 12.8 Å². The van der Waals surface area contributed by atoms with Crippen molar-refractivity contribution in [1.82, 2.24) is 10.2 Å². The number of nitrogens with zero attached hydrogens (tertiary/aromatic N) is 1. The molecule has 5 nitrogen and oxygen atoms in total. The second-order valence-electron chi connectivity index (χ2n) is 4.92. The Kier molecular flexibility index (Phi) is 9.28. The molecule has 0 aliphatic heterocycles. The van der Waals surface area contributed by atoms with Crippen LogP contribution < -0.4 is 11.1 Å². The molecule has 0 heterocycles. The Bertz CT molecular complexity index is 255. The fourth-order valence-corrected chi connectivity index (χ4v) is 1.64. The van der Waals surface area contributed by atoms with Gasteiger partial charge in [-0.3, -0.25) is 9.59 Å². The summed E-state index contributed by atoms with van der Waals surface area (Å²) in [6.07, 6.45) is 4.49. The van der Waals surface area contributed by atoms with Crippen LogP contribution in [0.15, 0.2) is 0 Å². The van der Waals surface area contributed by atoms with Crippen LogP contribution in [-0.2, 0) is 9.59 Å². The van der Waals surface area contributed by atoms with Gasteiger partial charge in [0.1, 0.15) is 0 Å². The van der Waals surface area contributed by atoms with Gasteiger partial charge in [-0.2, -0.15) is 0 Å². The molecule has 0 fully saturated rings. The van der Waals surface area contributed by atoms with Crippen molar-refractivity contribution in [3.63, 3.8) is 0 Å². The van der Waals surface area contributed by atoms with Gasteiger partial charge < -0.3 is 16.0 Å². The Morgan fingerprint density at radius 3 is 2.33 bits per heavy atom. The standard InChI is InChI=1S/C13H27N3O2/c1-11(2)15-12(17)10-16(3)13(18)8-6-4-5-7-9-14/h11H,4-10,14H2,1-3H3,(H,15,17). The molecule has 2 amide bonds. The van der Waals surface area contributed by atoms with E-state index >= 15 is 0 Å². The van der Waals surface area contributed by atoms with Crippen molar-refractivity contribution >= 4 is 11.8 Å². The van der Waals surface area contributed by atoms with Crippen molar-refractivity contribution in [3.05, 3.63) is 0 Å². The van der Waals surface area contributed by atoms with Crippen molar-refractivity contribution in [1.29, 1.82) is 0 Å². The Morgan fingerprint density at radius 2 is 1.78 bits per heavy atom. The lowest BCUT2D eigenvalue weighted by Crippen LogP contribution is -2.40. The number of carbonyl (C=O) groups is 2. The zero-order chi connectivity index (χ0) is 14.0. The molecular weight excluding hydrogens is 230 g/mol. The van der Waals surface area contributed by atoms with Gasteiger partial charge in [-0.15, -0.1) is 0 Å². The van der Waals surface area contributed by atoms with Crippen LogP contribution in [0, 0.1) is 0 Å². The first-order valence-corrected chi connectivity index (χ1v) is 6.70. The van der Waals surface area contributed by atoms with Gasteiger partial charge in [-0.25, -0.2) is 0 Å². The largest absolute Gasteiger partial charge is 0.352 e. The molecule has 0 aromatic rings. The molecule has 0 bridgehead atoms. The van der Waals surface area contributed by atoms with Crippen molar-refractivity contribution in [2.75, 3.05) is 20.1 Å². The first kappa shape index (κ1) is 16.9. The number of unbranched alkanes of at least 4 members (excludes halogenated alkanes) is 3. The highest BCUT2D eigenvalue weighted by atomic mass is 16.2. The Hall–Kier alpha value is -1.10. The molecule has 0 unspecified atom stereocenters. The lowest BCUT2D eigenvalue weighted by atomic mass is 10.1. The average molecular weight is 257 g/mol. The summed E-state index contributed by atoms with van der Waals surface area (Å²) in [6.45, 7) is 4.65. The molecule has 106 valence electrons. The van der Waals surface area contributed by atoms with Crippen LogP contribution in [0.2, 0.25) is 0 Å². The van der Waals surface area contributed by atoms with E-state index in [4.69, 9.17) is 5.73 Å². The Morgan fingerprint density at radius 1 is 1.17 bits per heavy atom. The van der Waals surface area contributed by atoms with Gasteiger partial charge in [-0.05, 0) is 33.2 Å². The molecule has 5 heteroatoms. The van der Waals surface area contributed by atoms with Gasteiger partial charge in [0.25, 0.3) is 0 Å². The summed E-state index contributed by atoms with van der Waals surface area (Å²) in [5, 5.41) is 2.77. The van der Waals surface area contributed by atoms with E-state index in [1.807, 2.05) is 13.8 Å². The van der Waals surface area contributed by atoms with E-state index < -0.39 is 0 Å². The third-order valence-electron chi connectivity index (χ3n) is 2.60. The maximum Gasteiger partial charge on any atom is 0.239 e. The molecule has 0 aliphatic rings. The van der Waals surface area contributed by atoms with Crippen molar-refractivity contribution in [2.24, 2.45) is 5.73 Å². The molecule has 3 N–H and O–H groups in total. The monoisotopic (exact) mass is 257 g/mol. The third-order valence-corrected chi connectivity index (χ3v) is 2.60. The van der Waals surface area contributed by atoms with E-state index in [1.54, 1.807) is 7.05 Å². The molecule has 18 heavy (non-hydrogen) atoms. The van der Waals surface area contributed by atoms with Crippen molar-refractivity contribution < 1.29 is 9.59 Å². The van der Waals surface area contributed by atoms with Gasteiger partial charge in [0.05, 0.1) is 6.54 Å². The first-order chi connectivity index (χ1) is 8.47. The van der Waals surface area contributed by atoms with Crippen LogP contribution in [-0.4, -0.2) is 42.9 Å². The highest BCUT2D eigenvalue weighted by Gasteiger charge is 2.12. The van der Waals surface area contributed by atoms with E-state index in [9.17, 15) is 9.59 Å². The van der Waals surface area contributed by atoms with Crippen LogP contribution in [0.5, 0.6) is 0 Å². The van der Waals surface area contributed by atoms with Crippen molar-refractivity contribution in [2.45, 2.75) is 52.0 Å². The van der Waals surface area contributed by atoms with E-state index in [2.05, 4.69) is 5.32 Å². The summed E-state index contributed by atoms with van der Waals surface area (Å²) in [4.78, 5) is 24.7. The topological polar surface area (TPSA) is 75.4 Å². The minimum Gasteiger partial charge on any atom is -0.352 e. The van der Waals surface area contributed by atoms with Crippen LogP contribution in [0.25, 0.3) is 0 Å². The van der Waals surface area contributed by atoms with E-state index in [-0.39, 0.29) is 24.4 Å². The van der Waals surface area contributed by atoms with Crippen LogP contribution in [0.3, 0.4) is 0 Å². The summed E-state index contributed by atoms with van der Waals surface area (Å²) < 4.78 is 0. The fraction of sp³-hybridized carbons (Fsp3) is 0.846. The number of likely N-dealkylation sites (N-methyl/N-ethyl adjacent to an activating group) is 1. The normalized spacial score (nSPS) is 10.5. The summed E-state index contributed by atoms with van der Waals surface area (Å²) in [7, 11) is 1.67. The Labute approximate surface area is 110 Å². The van der Waals surface area contributed by atoms with Crippen molar-refractivity contribution in [3.8, 4) is 0 Å². The molecule has 0 saturated heterocycles. The second-order valence-corrected chi connectivity index (χ2v) is 4.92. The lowest BCUT2D eigenvalue weighted by molar-refractivity contribution is -0.135. The molecule has 0 atom stereocenters. The molecule has 0 radical (unpaired) electrons. The summed E-state index contributed by atoms with van der Waals surface area (Å²) in [6, 6.07) is 0.109. The number of amides is 2. The third kappa shape index (κ3) is 8.98. The number of nitrogens with one attached hydrogen (secondary N) is 1. The second kappa shape index (κ2) is 9.88.